The summed E-state index contributed by atoms with van der Waals surface area (Å²) in [5, 5.41) is 1.37. The maximum absolute atomic E-state index is 6.21. The van der Waals surface area contributed by atoms with Crippen molar-refractivity contribution in [2.45, 2.75) is 25.2 Å². The van der Waals surface area contributed by atoms with Gasteiger partial charge in [0.1, 0.15) is 0 Å². The summed E-state index contributed by atoms with van der Waals surface area (Å²) in [7, 11) is 2.21. The molecule has 0 spiro atoms. The number of benzene rings is 1. The number of fused-ring (bicyclic) bond motifs is 3. The Hall–Kier alpha value is -2.21. The summed E-state index contributed by atoms with van der Waals surface area (Å²) >= 11 is 0. The highest BCUT2D eigenvalue weighted by atomic mass is 16.7. The highest BCUT2D eigenvalue weighted by Gasteiger charge is 2.40. The molecule has 2 aliphatic rings. The SMILES string of the molecule is CN1CCc2c(n(CC3(c4ccncc4)OCCO3)c3ccccc23)CC1. The molecule has 0 amide bonds. The van der Waals surface area contributed by atoms with E-state index in [0.717, 1.165) is 31.5 Å². The highest BCUT2D eigenvalue weighted by Crippen LogP contribution is 2.37. The van der Waals surface area contributed by atoms with Crippen LogP contribution in [0.2, 0.25) is 0 Å². The van der Waals surface area contributed by atoms with Gasteiger partial charge in [0.15, 0.2) is 0 Å². The lowest BCUT2D eigenvalue weighted by Gasteiger charge is -2.29. The predicted octanol–water partition coefficient (Wildman–Crippen LogP) is 2.97. The van der Waals surface area contributed by atoms with E-state index in [9.17, 15) is 0 Å². The van der Waals surface area contributed by atoms with Crippen LogP contribution >= 0.6 is 0 Å². The Labute approximate surface area is 159 Å². The molecule has 2 aliphatic heterocycles. The van der Waals surface area contributed by atoms with E-state index in [1.54, 1.807) is 0 Å². The molecule has 5 heteroatoms. The number of rotatable bonds is 3. The largest absolute Gasteiger partial charge is 0.342 e. The van der Waals surface area contributed by atoms with Crippen molar-refractivity contribution in [1.29, 1.82) is 0 Å². The van der Waals surface area contributed by atoms with E-state index in [0.29, 0.717) is 19.8 Å². The van der Waals surface area contributed by atoms with Crippen LogP contribution in [-0.2, 0) is 34.6 Å². The Bertz CT molecular complexity index is 945. The number of aromatic nitrogens is 2. The maximum Gasteiger partial charge on any atom is 0.213 e. The Balaban J connectivity index is 1.65. The minimum atomic E-state index is -0.739. The first-order valence-corrected chi connectivity index (χ1v) is 9.73. The van der Waals surface area contributed by atoms with Gasteiger partial charge in [0, 0.05) is 54.1 Å². The molecule has 2 aromatic heterocycles. The molecular weight excluding hydrogens is 338 g/mol. The molecule has 1 fully saturated rings. The molecular formula is C22H25N3O2. The van der Waals surface area contributed by atoms with Gasteiger partial charge in [-0.05, 0) is 37.2 Å². The standard InChI is InChI=1S/C22H25N3O2/c1-24-12-8-19-18-4-2-3-5-20(18)25(21(19)9-13-24)16-22(26-14-15-27-22)17-6-10-23-11-7-17/h2-7,10-11H,8-9,12-16H2,1H3. The highest BCUT2D eigenvalue weighted by molar-refractivity contribution is 5.85. The lowest BCUT2D eigenvalue weighted by Crippen LogP contribution is -2.33. The minimum absolute atomic E-state index is 0.618. The first-order chi connectivity index (χ1) is 13.3. The zero-order valence-corrected chi connectivity index (χ0v) is 15.7. The third kappa shape index (κ3) is 2.87. The second kappa shape index (κ2) is 6.75. The van der Waals surface area contributed by atoms with E-state index in [2.05, 4.69) is 45.8 Å². The van der Waals surface area contributed by atoms with Gasteiger partial charge >= 0.3 is 0 Å². The van der Waals surface area contributed by atoms with Crippen LogP contribution in [-0.4, -0.2) is 47.8 Å². The Morgan fingerprint density at radius 3 is 2.56 bits per heavy atom. The summed E-state index contributed by atoms with van der Waals surface area (Å²) in [6.07, 6.45) is 5.76. The molecule has 27 heavy (non-hydrogen) atoms. The zero-order chi connectivity index (χ0) is 18.3. The molecule has 1 saturated heterocycles. The summed E-state index contributed by atoms with van der Waals surface area (Å²) in [6.45, 7) is 4.08. The van der Waals surface area contributed by atoms with Crippen molar-refractivity contribution in [2.24, 2.45) is 0 Å². The van der Waals surface area contributed by atoms with Crippen molar-refractivity contribution in [1.82, 2.24) is 14.5 Å². The minimum Gasteiger partial charge on any atom is -0.342 e. The van der Waals surface area contributed by atoms with Gasteiger partial charge in [-0.1, -0.05) is 18.2 Å². The van der Waals surface area contributed by atoms with Crippen LogP contribution in [0.15, 0.2) is 48.8 Å². The molecule has 3 aromatic rings. The van der Waals surface area contributed by atoms with E-state index in [4.69, 9.17) is 9.47 Å². The van der Waals surface area contributed by atoms with Gasteiger partial charge < -0.3 is 18.9 Å². The van der Waals surface area contributed by atoms with E-state index in [1.807, 2.05) is 24.5 Å². The monoisotopic (exact) mass is 363 g/mol. The number of pyridine rings is 1. The summed E-state index contributed by atoms with van der Waals surface area (Å²) in [5.41, 5.74) is 5.22. The van der Waals surface area contributed by atoms with Crippen LogP contribution in [0.4, 0.5) is 0 Å². The average molecular weight is 363 g/mol. The number of hydrogen-bond donors (Lipinski definition) is 0. The molecule has 140 valence electrons. The van der Waals surface area contributed by atoms with Crippen molar-refractivity contribution in [3.63, 3.8) is 0 Å². The number of ether oxygens (including phenoxy) is 2. The summed E-state index contributed by atoms with van der Waals surface area (Å²) in [5.74, 6) is -0.739. The topological polar surface area (TPSA) is 39.5 Å². The van der Waals surface area contributed by atoms with Gasteiger partial charge in [-0.3, -0.25) is 4.98 Å². The van der Waals surface area contributed by atoms with E-state index in [1.165, 1.54) is 22.2 Å². The Morgan fingerprint density at radius 1 is 1.00 bits per heavy atom. The Kier molecular flexibility index (Phi) is 4.23. The second-order valence-electron chi connectivity index (χ2n) is 7.52. The van der Waals surface area contributed by atoms with Gasteiger partial charge in [-0.2, -0.15) is 0 Å². The molecule has 0 unspecified atom stereocenters. The zero-order valence-electron chi connectivity index (χ0n) is 15.7. The van der Waals surface area contributed by atoms with Crippen LogP contribution in [0.3, 0.4) is 0 Å². The lowest BCUT2D eigenvalue weighted by molar-refractivity contribution is -0.175. The molecule has 4 heterocycles. The van der Waals surface area contributed by atoms with Crippen LogP contribution in [0, 0.1) is 0 Å². The molecule has 5 rings (SSSR count). The molecule has 0 atom stereocenters. The van der Waals surface area contributed by atoms with Crippen molar-refractivity contribution in [2.75, 3.05) is 33.4 Å². The van der Waals surface area contributed by atoms with E-state index < -0.39 is 5.79 Å². The van der Waals surface area contributed by atoms with E-state index in [-0.39, 0.29) is 0 Å². The van der Waals surface area contributed by atoms with Crippen molar-refractivity contribution in [3.8, 4) is 0 Å². The van der Waals surface area contributed by atoms with Crippen LogP contribution in [0.25, 0.3) is 10.9 Å². The predicted molar refractivity (Wildman–Crippen MR) is 105 cm³/mol. The second-order valence-corrected chi connectivity index (χ2v) is 7.52. The fourth-order valence-electron chi connectivity index (χ4n) is 4.50. The normalized spacial score (nSPS) is 19.9. The first-order valence-electron chi connectivity index (χ1n) is 9.73. The fraction of sp³-hybridized carbons (Fsp3) is 0.409. The van der Waals surface area contributed by atoms with Crippen molar-refractivity contribution >= 4 is 10.9 Å². The summed E-state index contributed by atoms with van der Waals surface area (Å²) in [6, 6.07) is 12.8. The smallest absolute Gasteiger partial charge is 0.213 e. The molecule has 0 saturated carbocycles. The number of nitrogens with zero attached hydrogens (tertiary/aromatic N) is 3. The molecule has 0 N–H and O–H groups in total. The van der Waals surface area contributed by atoms with Gasteiger partial charge in [0.05, 0.1) is 19.8 Å². The number of likely N-dealkylation sites (N-methyl/N-ethyl adjacent to an activating group) is 1. The number of hydrogen-bond acceptors (Lipinski definition) is 4. The van der Waals surface area contributed by atoms with Crippen molar-refractivity contribution in [3.05, 3.63) is 65.6 Å². The van der Waals surface area contributed by atoms with Crippen LogP contribution in [0.5, 0.6) is 0 Å². The summed E-state index contributed by atoms with van der Waals surface area (Å²) in [4.78, 5) is 6.58. The van der Waals surface area contributed by atoms with E-state index >= 15 is 0 Å². The molecule has 0 bridgehead atoms. The van der Waals surface area contributed by atoms with Crippen molar-refractivity contribution < 1.29 is 9.47 Å². The van der Waals surface area contributed by atoms with Gasteiger partial charge in [-0.15, -0.1) is 0 Å². The fourth-order valence-corrected chi connectivity index (χ4v) is 4.50. The van der Waals surface area contributed by atoms with Gasteiger partial charge in [0.25, 0.3) is 0 Å². The Morgan fingerprint density at radius 2 is 1.74 bits per heavy atom. The average Bonchev–Trinajstić information content (AvgIpc) is 3.24. The quantitative estimate of drug-likeness (QED) is 0.717. The first kappa shape index (κ1) is 16.9. The number of para-hydroxylation sites is 1. The van der Waals surface area contributed by atoms with Crippen LogP contribution < -0.4 is 0 Å². The lowest BCUT2D eigenvalue weighted by atomic mass is 10.1. The van der Waals surface area contributed by atoms with Crippen LogP contribution in [0.1, 0.15) is 16.8 Å². The maximum atomic E-state index is 6.21. The molecule has 0 radical (unpaired) electrons. The molecule has 5 nitrogen and oxygen atoms in total. The van der Waals surface area contributed by atoms with Gasteiger partial charge in [0.2, 0.25) is 5.79 Å². The van der Waals surface area contributed by atoms with Gasteiger partial charge in [-0.25, -0.2) is 0 Å². The summed E-state index contributed by atoms with van der Waals surface area (Å²) < 4.78 is 14.9. The molecule has 0 aliphatic carbocycles. The third-order valence-electron chi connectivity index (χ3n) is 5.91. The molecule has 1 aromatic carbocycles. The third-order valence-corrected chi connectivity index (χ3v) is 5.91.